The Hall–Kier alpha value is -1.91. The second-order valence-corrected chi connectivity index (χ2v) is 3.64. The van der Waals surface area contributed by atoms with E-state index in [1.807, 2.05) is 6.07 Å². The number of hydrogen-bond acceptors (Lipinski definition) is 3. The number of aryl methyl sites for hydroxylation is 1. The number of carboxylic acids is 1. The monoisotopic (exact) mass is 219 g/mol. The lowest BCUT2D eigenvalue weighted by atomic mass is 10.2. The predicted molar refractivity (Wildman–Crippen MR) is 59.4 cm³/mol. The molecule has 16 heavy (non-hydrogen) atoms. The van der Waals surface area contributed by atoms with E-state index in [9.17, 15) is 4.79 Å². The summed E-state index contributed by atoms with van der Waals surface area (Å²) in [5.74, 6) is -0.965. The van der Waals surface area contributed by atoms with Crippen molar-refractivity contribution < 1.29 is 9.90 Å². The fourth-order valence-electron chi connectivity index (χ4n) is 1.64. The number of hydrogen-bond donors (Lipinski definition) is 1. The Morgan fingerprint density at radius 1 is 1.50 bits per heavy atom. The molecule has 84 valence electrons. The first kappa shape index (κ1) is 10.6. The topological polar surface area (TPSA) is 68.0 Å². The van der Waals surface area contributed by atoms with Crippen LogP contribution < -0.4 is 0 Å². The molecule has 0 bridgehead atoms. The zero-order valence-electron chi connectivity index (χ0n) is 9.05. The molecule has 1 heterocycles. The largest absolute Gasteiger partial charge is 0.478 e. The van der Waals surface area contributed by atoms with Crippen LogP contribution >= 0.6 is 0 Å². The van der Waals surface area contributed by atoms with E-state index in [-0.39, 0.29) is 5.56 Å². The predicted octanol–water partition coefficient (Wildman–Crippen LogP) is 1.93. The standard InChI is InChI=1S/C11H13N3O2/c1-2-3-7-14-9-6-4-5-8(11(15)16)10(9)12-13-14/h4-6H,2-3,7H2,1H3,(H,15,16). The summed E-state index contributed by atoms with van der Waals surface area (Å²) < 4.78 is 1.76. The number of carbonyl (C=O) groups is 1. The molecule has 2 rings (SSSR count). The second-order valence-electron chi connectivity index (χ2n) is 3.64. The van der Waals surface area contributed by atoms with Gasteiger partial charge in [0.2, 0.25) is 0 Å². The highest BCUT2D eigenvalue weighted by Gasteiger charge is 2.12. The van der Waals surface area contributed by atoms with Gasteiger partial charge in [0, 0.05) is 6.54 Å². The van der Waals surface area contributed by atoms with Gasteiger partial charge in [0.05, 0.1) is 11.1 Å². The van der Waals surface area contributed by atoms with Crippen molar-refractivity contribution in [3.05, 3.63) is 23.8 Å². The smallest absolute Gasteiger partial charge is 0.338 e. The van der Waals surface area contributed by atoms with Crippen LogP contribution in [-0.4, -0.2) is 26.1 Å². The zero-order valence-corrected chi connectivity index (χ0v) is 9.05. The van der Waals surface area contributed by atoms with E-state index in [2.05, 4.69) is 17.2 Å². The summed E-state index contributed by atoms with van der Waals surface area (Å²) in [6.07, 6.45) is 2.08. The third-order valence-electron chi connectivity index (χ3n) is 2.50. The third-order valence-corrected chi connectivity index (χ3v) is 2.50. The van der Waals surface area contributed by atoms with E-state index in [0.717, 1.165) is 24.9 Å². The quantitative estimate of drug-likeness (QED) is 0.853. The van der Waals surface area contributed by atoms with E-state index >= 15 is 0 Å². The van der Waals surface area contributed by atoms with E-state index in [1.54, 1.807) is 16.8 Å². The lowest BCUT2D eigenvalue weighted by molar-refractivity contribution is 0.0699. The van der Waals surface area contributed by atoms with Crippen LogP contribution in [0.1, 0.15) is 30.1 Å². The van der Waals surface area contributed by atoms with Gasteiger partial charge in [-0.15, -0.1) is 5.10 Å². The second kappa shape index (κ2) is 4.30. The van der Waals surface area contributed by atoms with Gasteiger partial charge in [0.25, 0.3) is 0 Å². The number of unbranched alkanes of at least 4 members (excludes halogenated alkanes) is 1. The summed E-state index contributed by atoms with van der Waals surface area (Å²) in [4.78, 5) is 11.0. The van der Waals surface area contributed by atoms with Crippen molar-refractivity contribution in [3.8, 4) is 0 Å². The summed E-state index contributed by atoms with van der Waals surface area (Å²) in [6, 6.07) is 5.11. The Morgan fingerprint density at radius 2 is 2.31 bits per heavy atom. The number of nitrogens with zero attached hydrogens (tertiary/aromatic N) is 3. The van der Waals surface area contributed by atoms with Gasteiger partial charge in [-0.25, -0.2) is 9.48 Å². The molecule has 0 radical (unpaired) electrons. The van der Waals surface area contributed by atoms with Crippen LogP contribution in [0, 0.1) is 0 Å². The summed E-state index contributed by atoms with van der Waals surface area (Å²) in [5, 5.41) is 16.9. The Labute approximate surface area is 92.7 Å². The van der Waals surface area contributed by atoms with Gasteiger partial charge in [-0.2, -0.15) is 0 Å². The highest BCUT2D eigenvalue weighted by Crippen LogP contribution is 2.16. The molecule has 1 aromatic heterocycles. The molecule has 0 saturated heterocycles. The lowest BCUT2D eigenvalue weighted by Gasteiger charge is -2.00. The maximum absolute atomic E-state index is 11.0. The minimum atomic E-state index is -0.965. The van der Waals surface area contributed by atoms with Crippen molar-refractivity contribution in [3.63, 3.8) is 0 Å². The van der Waals surface area contributed by atoms with Gasteiger partial charge in [-0.1, -0.05) is 24.6 Å². The van der Waals surface area contributed by atoms with Gasteiger partial charge in [-0.05, 0) is 18.6 Å². The van der Waals surface area contributed by atoms with Crippen LogP contribution in [0.2, 0.25) is 0 Å². The molecule has 1 N–H and O–H groups in total. The molecule has 1 aromatic carbocycles. The third kappa shape index (κ3) is 1.76. The molecule has 0 saturated carbocycles. The Balaban J connectivity index is 2.48. The molecule has 0 aliphatic rings. The molecule has 0 aliphatic carbocycles. The molecule has 0 fully saturated rings. The van der Waals surface area contributed by atoms with Crippen LogP contribution in [0.25, 0.3) is 11.0 Å². The van der Waals surface area contributed by atoms with Gasteiger partial charge >= 0.3 is 5.97 Å². The van der Waals surface area contributed by atoms with Crippen molar-refractivity contribution in [1.82, 2.24) is 15.0 Å². The molecule has 0 unspecified atom stereocenters. The number of fused-ring (bicyclic) bond motifs is 1. The minimum Gasteiger partial charge on any atom is -0.478 e. The Morgan fingerprint density at radius 3 is 3.00 bits per heavy atom. The molecule has 0 atom stereocenters. The summed E-state index contributed by atoms with van der Waals surface area (Å²) in [6.45, 7) is 2.87. The van der Waals surface area contributed by atoms with E-state index in [0.29, 0.717) is 5.52 Å². The highest BCUT2D eigenvalue weighted by molar-refractivity contribution is 6.00. The molecule has 0 spiro atoms. The van der Waals surface area contributed by atoms with Crippen LogP contribution in [0.3, 0.4) is 0 Å². The fraction of sp³-hybridized carbons (Fsp3) is 0.364. The van der Waals surface area contributed by atoms with Gasteiger partial charge in [-0.3, -0.25) is 0 Å². The van der Waals surface area contributed by atoms with Gasteiger partial charge in [0.15, 0.2) is 0 Å². The van der Waals surface area contributed by atoms with Crippen LogP contribution in [0.15, 0.2) is 18.2 Å². The number of aromatic nitrogens is 3. The van der Waals surface area contributed by atoms with Crippen molar-refractivity contribution >= 4 is 17.0 Å². The summed E-state index contributed by atoms with van der Waals surface area (Å²) in [5.41, 5.74) is 1.46. The Bertz CT molecular complexity index is 519. The van der Waals surface area contributed by atoms with Crippen molar-refractivity contribution in [2.24, 2.45) is 0 Å². The summed E-state index contributed by atoms with van der Waals surface area (Å²) >= 11 is 0. The SMILES string of the molecule is CCCCn1nnc2c(C(=O)O)cccc21. The van der Waals surface area contributed by atoms with Gasteiger partial charge < -0.3 is 5.11 Å². The van der Waals surface area contributed by atoms with Crippen LogP contribution in [0.5, 0.6) is 0 Å². The molecule has 2 aromatic rings. The highest BCUT2D eigenvalue weighted by atomic mass is 16.4. The van der Waals surface area contributed by atoms with E-state index < -0.39 is 5.97 Å². The molecule has 0 amide bonds. The lowest BCUT2D eigenvalue weighted by Crippen LogP contribution is -2.00. The van der Waals surface area contributed by atoms with Crippen LogP contribution in [0.4, 0.5) is 0 Å². The molecule has 5 nitrogen and oxygen atoms in total. The molecule has 0 aliphatic heterocycles. The molecule has 5 heteroatoms. The minimum absolute atomic E-state index is 0.209. The number of aromatic carboxylic acids is 1. The average molecular weight is 219 g/mol. The first-order valence-corrected chi connectivity index (χ1v) is 5.29. The van der Waals surface area contributed by atoms with Gasteiger partial charge in [0.1, 0.15) is 5.52 Å². The van der Waals surface area contributed by atoms with Crippen LogP contribution in [-0.2, 0) is 6.54 Å². The normalized spacial score (nSPS) is 10.8. The van der Waals surface area contributed by atoms with E-state index in [4.69, 9.17) is 5.11 Å². The average Bonchev–Trinajstić information content (AvgIpc) is 2.69. The fourth-order valence-corrected chi connectivity index (χ4v) is 1.64. The van der Waals surface area contributed by atoms with Crippen molar-refractivity contribution in [2.45, 2.75) is 26.3 Å². The number of benzene rings is 1. The maximum atomic E-state index is 11.0. The van der Waals surface area contributed by atoms with E-state index in [1.165, 1.54) is 0 Å². The first-order valence-electron chi connectivity index (χ1n) is 5.29. The Kier molecular flexibility index (Phi) is 2.85. The molecular weight excluding hydrogens is 206 g/mol. The number of carboxylic acid groups (broad SMARTS) is 1. The first-order chi connectivity index (χ1) is 7.74. The maximum Gasteiger partial charge on any atom is 0.338 e. The zero-order chi connectivity index (χ0) is 11.5. The van der Waals surface area contributed by atoms with Crippen molar-refractivity contribution in [2.75, 3.05) is 0 Å². The number of rotatable bonds is 4. The van der Waals surface area contributed by atoms with Crippen molar-refractivity contribution in [1.29, 1.82) is 0 Å². The summed E-state index contributed by atoms with van der Waals surface area (Å²) in [7, 11) is 0. The molecular formula is C11H13N3O2.